The monoisotopic (exact) mass is 452 g/mol. The molecular weight excluding hydrogens is 433 g/mol. The van der Waals surface area contributed by atoms with Crippen molar-refractivity contribution >= 4 is 5.91 Å². The smallest absolute Gasteiger partial charge is 0.416 e. The number of alkyl halides is 3. The number of imidazole rings is 1. The van der Waals surface area contributed by atoms with E-state index in [1.54, 1.807) is 30.1 Å². The fraction of sp³-hybridized carbons (Fsp3) is 0.125. The Labute approximate surface area is 187 Å². The summed E-state index contributed by atoms with van der Waals surface area (Å²) in [5.74, 6) is 0.0112. The summed E-state index contributed by atoms with van der Waals surface area (Å²) in [7, 11) is 2.92. The number of nitrogens with zero attached hydrogens (tertiary/aromatic N) is 3. The van der Waals surface area contributed by atoms with Crippen LogP contribution in [0.2, 0.25) is 0 Å². The van der Waals surface area contributed by atoms with Gasteiger partial charge in [-0.25, -0.2) is 4.98 Å². The van der Waals surface area contributed by atoms with E-state index in [0.717, 1.165) is 23.3 Å². The number of hydrogen-bond acceptors (Lipinski definition) is 4. The summed E-state index contributed by atoms with van der Waals surface area (Å²) in [4.78, 5) is 20.5. The Morgan fingerprint density at radius 1 is 1.03 bits per heavy atom. The lowest BCUT2D eigenvalue weighted by Crippen LogP contribution is -2.19. The van der Waals surface area contributed by atoms with Gasteiger partial charge in [-0.05, 0) is 30.3 Å². The molecule has 33 heavy (non-hydrogen) atoms. The summed E-state index contributed by atoms with van der Waals surface area (Å²) >= 11 is 0. The van der Waals surface area contributed by atoms with Gasteiger partial charge < -0.3 is 10.1 Å². The Bertz CT molecular complexity index is 1320. The van der Waals surface area contributed by atoms with Gasteiger partial charge in [0.2, 0.25) is 0 Å². The van der Waals surface area contributed by atoms with Crippen molar-refractivity contribution in [2.45, 2.75) is 6.18 Å². The zero-order valence-corrected chi connectivity index (χ0v) is 17.7. The SMILES string of the molecule is CNC(=O)c1cc(-c2cncn2-c2cnccc2-c2ccccc2OC)cc(C(F)(F)F)c1. The predicted molar refractivity (Wildman–Crippen MR) is 117 cm³/mol. The van der Waals surface area contributed by atoms with Crippen LogP contribution in [0.5, 0.6) is 5.75 Å². The molecule has 9 heteroatoms. The summed E-state index contributed by atoms with van der Waals surface area (Å²) in [6.45, 7) is 0. The Balaban J connectivity index is 1.92. The number of hydrogen-bond donors (Lipinski definition) is 1. The topological polar surface area (TPSA) is 69.0 Å². The number of carbonyl (C=O) groups excluding carboxylic acids is 1. The molecular formula is C24H19F3N4O2. The maximum atomic E-state index is 13.6. The average molecular weight is 452 g/mol. The molecule has 0 bridgehead atoms. The van der Waals surface area contributed by atoms with Crippen LogP contribution in [0.3, 0.4) is 0 Å². The van der Waals surface area contributed by atoms with Crippen LogP contribution in [0.4, 0.5) is 13.2 Å². The van der Waals surface area contributed by atoms with Crippen molar-refractivity contribution < 1.29 is 22.7 Å². The van der Waals surface area contributed by atoms with E-state index in [1.165, 1.54) is 25.6 Å². The first-order valence-electron chi connectivity index (χ1n) is 9.88. The van der Waals surface area contributed by atoms with E-state index in [0.29, 0.717) is 17.1 Å². The highest BCUT2D eigenvalue weighted by Gasteiger charge is 2.32. The second kappa shape index (κ2) is 8.78. The van der Waals surface area contributed by atoms with E-state index in [2.05, 4.69) is 15.3 Å². The van der Waals surface area contributed by atoms with Crippen LogP contribution in [-0.4, -0.2) is 34.6 Å². The standard InChI is InChI=1S/C24H19F3N4O2/c1-28-23(32)16-9-15(10-17(11-16)24(25,26)27)20-12-30-14-31(20)21-13-29-8-7-18(21)19-5-3-4-6-22(19)33-2/h3-14H,1-2H3,(H,28,32). The second-order valence-electron chi connectivity index (χ2n) is 7.12. The van der Waals surface area contributed by atoms with Crippen molar-refractivity contribution in [3.8, 4) is 33.8 Å². The third kappa shape index (κ3) is 4.30. The molecule has 2 aromatic carbocycles. The number of rotatable bonds is 5. The number of para-hydroxylation sites is 1. The molecule has 0 atom stereocenters. The minimum absolute atomic E-state index is 0.105. The lowest BCUT2D eigenvalue weighted by molar-refractivity contribution is -0.137. The van der Waals surface area contributed by atoms with E-state index in [-0.39, 0.29) is 11.1 Å². The highest BCUT2D eigenvalue weighted by Crippen LogP contribution is 2.37. The molecule has 0 saturated heterocycles. The number of ether oxygens (including phenoxy) is 1. The van der Waals surface area contributed by atoms with Crippen LogP contribution in [0.15, 0.2) is 73.4 Å². The molecule has 0 aliphatic heterocycles. The summed E-state index contributed by atoms with van der Waals surface area (Å²) in [5, 5.41) is 2.37. The van der Waals surface area contributed by atoms with E-state index < -0.39 is 17.6 Å². The van der Waals surface area contributed by atoms with Gasteiger partial charge in [0.15, 0.2) is 0 Å². The minimum Gasteiger partial charge on any atom is -0.496 e. The van der Waals surface area contributed by atoms with Crippen LogP contribution < -0.4 is 10.1 Å². The number of carbonyl (C=O) groups is 1. The molecule has 0 aliphatic rings. The lowest BCUT2D eigenvalue weighted by Gasteiger charge is -2.16. The summed E-state index contributed by atoms with van der Waals surface area (Å²) in [6.07, 6.45) is 1.53. The van der Waals surface area contributed by atoms with Gasteiger partial charge in [0.1, 0.15) is 5.75 Å². The first kappa shape index (κ1) is 22.1. The predicted octanol–water partition coefficient (Wildman–Crippen LogP) is 4.99. The fourth-order valence-electron chi connectivity index (χ4n) is 3.59. The molecule has 2 aromatic heterocycles. The maximum absolute atomic E-state index is 13.6. The fourth-order valence-corrected chi connectivity index (χ4v) is 3.59. The minimum atomic E-state index is -4.62. The molecule has 0 saturated carbocycles. The average Bonchev–Trinajstić information content (AvgIpc) is 3.32. The molecule has 4 rings (SSSR count). The second-order valence-corrected chi connectivity index (χ2v) is 7.12. The zero-order chi connectivity index (χ0) is 23.6. The van der Waals surface area contributed by atoms with Crippen molar-refractivity contribution in [3.05, 3.63) is 84.6 Å². The molecule has 168 valence electrons. The van der Waals surface area contributed by atoms with Crippen LogP contribution >= 0.6 is 0 Å². The summed E-state index contributed by atoms with van der Waals surface area (Å²) < 4.78 is 47.8. The molecule has 1 N–H and O–H groups in total. The van der Waals surface area contributed by atoms with E-state index in [1.807, 2.05) is 24.3 Å². The van der Waals surface area contributed by atoms with Crippen molar-refractivity contribution in [3.63, 3.8) is 0 Å². The number of nitrogens with one attached hydrogen (secondary N) is 1. The molecule has 0 aliphatic carbocycles. The Morgan fingerprint density at radius 3 is 2.55 bits per heavy atom. The third-order valence-corrected chi connectivity index (χ3v) is 5.14. The summed E-state index contributed by atoms with van der Waals surface area (Å²) in [5.41, 5.74) is 1.65. The molecule has 4 aromatic rings. The molecule has 2 heterocycles. The van der Waals surface area contributed by atoms with Gasteiger partial charge >= 0.3 is 6.18 Å². The number of aromatic nitrogens is 3. The highest BCUT2D eigenvalue weighted by molar-refractivity contribution is 5.95. The van der Waals surface area contributed by atoms with Gasteiger partial charge in [-0.1, -0.05) is 18.2 Å². The number of halogens is 3. The maximum Gasteiger partial charge on any atom is 0.416 e. The quantitative estimate of drug-likeness (QED) is 0.463. The van der Waals surface area contributed by atoms with Crippen LogP contribution in [0.25, 0.3) is 28.1 Å². The third-order valence-electron chi connectivity index (χ3n) is 5.14. The van der Waals surface area contributed by atoms with Gasteiger partial charge in [0.05, 0.1) is 42.8 Å². The number of benzene rings is 2. The van der Waals surface area contributed by atoms with Crippen molar-refractivity contribution in [2.24, 2.45) is 0 Å². The van der Waals surface area contributed by atoms with E-state index in [9.17, 15) is 18.0 Å². The number of amides is 1. The Kier molecular flexibility index (Phi) is 5.87. The van der Waals surface area contributed by atoms with Crippen LogP contribution in [-0.2, 0) is 6.18 Å². The first-order chi connectivity index (χ1) is 15.8. The molecule has 0 unspecified atom stereocenters. The van der Waals surface area contributed by atoms with Gasteiger partial charge in [0, 0.05) is 35.5 Å². The number of methoxy groups -OCH3 is 1. The largest absolute Gasteiger partial charge is 0.496 e. The van der Waals surface area contributed by atoms with Gasteiger partial charge in [-0.2, -0.15) is 13.2 Å². The Morgan fingerprint density at radius 2 is 1.82 bits per heavy atom. The lowest BCUT2D eigenvalue weighted by atomic mass is 10.0. The normalized spacial score (nSPS) is 11.3. The van der Waals surface area contributed by atoms with Crippen LogP contribution in [0, 0.1) is 0 Å². The van der Waals surface area contributed by atoms with Crippen LogP contribution in [0.1, 0.15) is 15.9 Å². The molecule has 1 amide bonds. The summed E-state index contributed by atoms with van der Waals surface area (Å²) in [6, 6.07) is 12.4. The van der Waals surface area contributed by atoms with Crippen molar-refractivity contribution in [1.82, 2.24) is 19.9 Å². The zero-order valence-electron chi connectivity index (χ0n) is 17.7. The van der Waals surface area contributed by atoms with Gasteiger partial charge in [0.25, 0.3) is 5.91 Å². The molecule has 0 fully saturated rings. The molecule has 0 radical (unpaired) electrons. The van der Waals surface area contributed by atoms with E-state index in [4.69, 9.17) is 4.74 Å². The Hall–Kier alpha value is -4.14. The number of pyridine rings is 1. The van der Waals surface area contributed by atoms with Crippen molar-refractivity contribution in [1.29, 1.82) is 0 Å². The highest BCUT2D eigenvalue weighted by atomic mass is 19.4. The molecule has 0 spiro atoms. The van der Waals surface area contributed by atoms with Gasteiger partial charge in [-0.3, -0.25) is 14.3 Å². The molecule has 6 nitrogen and oxygen atoms in total. The van der Waals surface area contributed by atoms with Gasteiger partial charge in [-0.15, -0.1) is 0 Å². The van der Waals surface area contributed by atoms with E-state index >= 15 is 0 Å². The first-order valence-corrected chi connectivity index (χ1v) is 9.88. The van der Waals surface area contributed by atoms with Crippen molar-refractivity contribution in [2.75, 3.05) is 14.2 Å².